The Morgan fingerprint density at radius 3 is 2.30 bits per heavy atom. The number of nitrogens with zero attached hydrogens (tertiary/aromatic N) is 1. The van der Waals surface area contributed by atoms with Gasteiger partial charge in [-0.05, 0) is 60.2 Å². The minimum absolute atomic E-state index is 0.271. The van der Waals surface area contributed by atoms with Crippen molar-refractivity contribution in [2.75, 3.05) is 13.7 Å². The maximum Gasteiger partial charge on any atom is 0.343 e. The van der Waals surface area contributed by atoms with Crippen LogP contribution in [0.4, 0.5) is 0 Å². The van der Waals surface area contributed by atoms with E-state index in [1.807, 2.05) is 49.4 Å². The molecule has 2 amide bonds. The number of aryl methyl sites for hydroxylation is 1. The van der Waals surface area contributed by atoms with E-state index in [4.69, 9.17) is 9.47 Å². The molecule has 2 N–H and O–H groups in total. The van der Waals surface area contributed by atoms with Crippen molar-refractivity contribution in [3.8, 4) is 11.5 Å². The minimum Gasteiger partial charge on any atom is -0.497 e. The molecule has 8 nitrogen and oxygen atoms in total. The van der Waals surface area contributed by atoms with Crippen LogP contribution in [0.3, 0.4) is 0 Å². The van der Waals surface area contributed by atoms with E-state index in [2.05, 4.69) is 15.8 Å². The number of methoxy groups -OCH3 is 1. The maximum atomic E-state index is 12.7. The predicted molar refractivity (Wildman–Crippen MR) is 141 cm³/mol. The Morgan fingerprint density at radius 1 is 0.865 bits per heavy atom. The van der Waals surface area contributed by atoms with Gasteiger partial charge in [0.05, 0.1) is 25.4 Å². The molecule has 0 bridgehead atoms. The topological polar surface area (TPSA) is 106 Å². The third kappa shape index (κ3) is 6.37. The molecule has 0 aliphatic heterocycles. The Bertz CT molecular complexity index is 1460. The van der Waals surface area contributed by atoms with Crippen LogP contribution < -0.4 is 20.2 Å². The second-order valence-electron chi connectivity index (χ2n) is 8.16. The van der Waals surface area contributed by atoms with E-state index in [0.717, 1.165) is 16.3 Å². The Labute approximate surface area is 213 Å². The Morgan fingerprint density at radius 2 is 1.57 bits per heavy atom. The quantitative estimate of drug-likeness (QED) is 0.164. The number of benzene rings is 4. The van der Waals surface area contributed by atoms with Crippen molar-refractivity contribution in [3.63, 3.8) is 0 Å². The van der Waals surface area contributed by atoms with E-state index in [-0.39, 0.29) is 6.54 Å². The molecule has 0 spiro atoms. The zero-order valence-electron chi connectivity index (χ0n) is 20.4. The van der Waals surface area contributed by atoms with Gasteiger partial charge in [0.15, 0.2) is 0 Å². The molecule has 4 aromatic rings. The van der Waals surface area contributed by atoms with Crippen molar-refractivity contribution in [3.05, 3.63) is 107 Å². The number of esters is 1. The fourth-order valence-corrected chi connectivity index (χ4v) is 3.56. The van der Waals surface area contributed by atoms with Gasteiger partial charge in [-0.2, -0.15) is 5.10 Å². The molecule has 186 valence electrons. The lowest BCUT2D eigenvalue weighted by Gasteiger charge is -2.11. The highest BCUT2D eigenvalue weighted by molar-refractivity contribution is 6.04. The number of hydrogen-bond donors (Lipinski definition) is 2. The van der Waals surface area contributed by atoms with Gasteiger partial charge in [-0.25, -0.2) is 10.2 Å². The van der Waals surface area contributed by atoms with E-state index >= 15 is 0 Å². The Balaban J connectivity index is 1.44. The number of carbonyl (C=O) groups excluding carboxylic acids is 3. The highest BCUT2D eigenvalue weighted by Gasteiger charge is 2.14. The van der Waals surface area contributed by atoms with Crippen LogP contribution >= 0.6 is 0 Å². The van der Waals surface area contributed by atoms with E-state index in [0.29, 0.717) is 28.2 Å². The van der Waals surface area contributed by atoms with Crippen LogP contribution in [-0.2, 0) is 4.79 Å². The van der Waals surface area contributed by atoms with Crippen molar-refractivity contribution in [2.24, 2.45) is 5.10 Å². The van der Waals surface area contributed by atoms with Gasteiger partial charge in [-0.15, -0.1) is 0 Å². The Hall–Kier alpha value is -4.98. The van der Waals surface area contributed by atoms with Crippen LogP contribution in [0.5, 0.6) is 11.5 Å². The first kappa shape index (κ1) is 25.1. The number of hydrogen-bond acceptors (Lipinski definition) is 6. The molecule has 8 heteroatoms. The number of hydrazone groups is 1. The molecule has 0 radical (unpaired) electrons. The normalized spacial score (nSPS) is 10.8. The second-order valence-corrected chi connectivity index (χ2v) is 8.16. The highest BCUT2D eigenvalue weighted by Crippen LogP contribution is 2.27. The summed E-state index contributed by atoms with van der Waals surface area (Å²) < 4.78 is 10.7. The van der Waals surface area contributed by atoms with Gasteiger partial charge in [0.2, 0.25) is 0 Å². The van der Waals surface area contributed by atoms with Crippen molar-refractivity contribution in [1.29, 1.82) is 0 Å². The summed E-state index contributed by atoms with van der Waals surface area (Å²) in [6.45, 7) is 1.67. The first-order valence-corrected chi connectivity index (χ1v) is 11.5. The second kappa shape index (κ2) is 11.6. The number of ether oxygens (including phenoxy) is 2. The standard InChI is InChI=1S/C29H25N3O5/c1-19-7-9-22(10-8-19)29(35)37-26-16-13-20-5-3-4-6-24(20)25(26)17-31-32-27(33)18-30-28(34)21-11-14-23(36-2)15-12-21/h3-17H,18H2,1-2H3,(H,30,34)(H,32,33)/b31-17-. The zero-order chi connectivity index (χ0) is 26.2. The summed E-state index contributed by atoms with van der Waals surface area (Å²) in [5.41, 5.74) is 4.77. The van der Waals surface area contributed by atoms with Gasteiger partial charge in [0.25, 0.3) is 11.8 Å². The van der Waals surface area contributed by atoms with E-state index in [1.165, 1.54) is 13.3 Å². The lowest BCUT2D eigenvalue weighted by atomic mass is 10.0. The van der Waals surface area contributed by atoms with Crippen LogP contribution in [0.25, 0.3) is 10.8 Å². The summed E-state index contributed by atoms with van der Waals surface area (Å²) in [7, 11) is 1.54. The first-order chi connectivity index (χ1) is 17.9. The molecule has 37 heavy (non-hydrogen) atoms. The molecule has 0 unspecified atom stereocenters. The predicted octanol–water partition coefficient (Wildman–Crippen LogP) is 4.26. The molecule has 4 aromatic carbocycles. The molecule has 0 saturated carbocycles. The van der Waals surface area contributed by atoms with Gasteiger partial charge in [-0.3, -0.25) is 9.59 Å². The molecular weight excluding hydrogens is 470 g/mol. The maximum absolute atomic E-state index is 12.7. The third-order valence-corrected chi connectivity index (χ3v) is 5.57. The van der Waals surface area contributed by atoms with E-state index in [1.54, 1.807) is 42.5 Å². The molecule has 0 aliphatic carbocycles. The molecule has 0 atom stereocenters. The van der Waals surface area contributed by atoms with Crippen LogP contribution in [0.2, 0.25) is 0 Å². The van der Waals surface area contributed by atoms with Crippen LogP contribution in [-0.4, -0.2) is 37.7 Å². The van der Waals surface area contributed by atoms with Crippen molar-refractivity contribution in [2.45, 2.75) is 6.92 Å². The number of amides is 2. The smallest absolute Gasteiger partial charge is 0.343 e. The summed E-state index contributed by atoms with van der Waals surface area (Å²) in [4.78, 5) is 37.2. The van der Waals surface area contributed by atoms with E-state index < -0.39 is 17.8 Å². The molecule has 0 fully saturated rings. The average Bonchev–Trinajstić information content (AvgIpc) is 2.93. The number of carbonyl (C=O) groups is 3. The molecule has 0 heterocycles. The van der Waals surface area contributed by atoms with Crippen molar-refractivity contribution >= 4 is 34.8 Å². The largest absolute Gasteiger partial charge is 0.497 e. The van der Waals surface area contributed by atoms with Crippen LogP contribution in [0.1, 0.15) is 31.8 Å². The number of rotatable bonds is 8. The van der Waals surface area contributed by atoms with Gasteiger partial charge in [-0.1, -0.05) is 48.0 Å². The number of fused-ring (bicyclic) bond motifs is 1. The van der Waals surface area contributed by atoms with Gasteiger partial charge < -0.3 is 14.8 Å². The summed E-state index contributed by atoms with van der Waals surface area (Å²) >= 11 is 0. The molecule has 0 aliphatic rings. The Kier molecular flexibility index (Phi) is 7.90. The summed E-state index contributed by atoms with van der Waals surface area (Å²) in [5, 5.41) is 8.28. The van der Waals surface area contributed by atoms with Crippen molar-refractivity contribution in [1.82, 2.24) is 10.7 Å². The third-order valence-electron chi connectivity index (χ3n) is 5.57. The van der Waals surface area contributed by atoms with Gasteiger partial charge in [0, 0.05) is 11.1 Å². The monoisotopic (exact) mass is 495 g/mol. The summed E-state index contributed by atoms with van der Waals surface area (Å²) in [5.74, 6) is -0.496. The molecule has 0 saturated heterocycles. The van der Waals surface area contributed by atoms with Gasteiger partial charge in [0.1, 0.15) is 11.5 Å². The number of nitrogens with one attached hydrogen (secondary N) is 2. The summed E-state index contributed by atoms with van der Waals surface area (Å²) in [6.07, 6.45) is 1.42. The summed E-state index contributed by atoms with van der Waals surface area (Å²) in [6, 6.07) is 24.7. The zero-order valence-corrected chi connectivity index (χ0v) is 20.4. The van der Waals surface area contributed by atoms with Crippen LogP contribution in [0.15, 0.2) is 90.0 Å². The fraction of sp³-hybridized carbons (Fsp3) is 0.103. The SMILES string of the molecule is COc1ccc(C(=O)NCC(=O)N/N=C\c2c(OC(=O)c3ccc(C)cc3)ccc3ccccc23)cc1. The molecule has 4 rings (SSSR count). The lowest BCUT2D eigenvalue weighted by molar-refractivity contribution is -0.120. The minimum atomic E-state index is -0.517. The average molecular weight is 496 g/mol. The molecule has 0 aromatic heterocycles. The fourth-order valence-electron chi connectivity index (χ4n) is 3.56. The van der Waals surface area contributed by atoms with E-state index in [9.17, 15) is 14.4 Å². The highest BCUT2D eigenvalue weighted by atomic mass is 16.5. The molecular formula is C29H25N3O5. The van der Waals surface area contributed by atoms with Gasteiger partial charge >= 0.3 is 5.97 Å². The first-order valence-electron chi connectivity index (χ1n) is 11.5. The van der Waals surface area contributed by atoms with Crippen LogP contribution in [0, 0.1) is 6.92 Å². The van der Waals surface area contributed by atoms with Crippen molar-refractivity contribution < 1.29 is 23.9 Å². The lowest BCUT2D eigenvalue weighted by Crippen LogP contribution is -2.34.